The first-order valence-corrected chi connectivity index (χ1v) is 10.3. The minimum atomic E-state index is -0.748. The summed E-state index contributed by atoms with van der Waals surface area (Å²) in [5.74, 6) is -1.62. The van der Waals surface area contributed by atoms with E-state index < -0.39 is 35.3 Å². The van der Waals surface area contributed by atoms with Crippen LogP contribution in [0.4, 0.5) is 14.5 Å². The monoisotopic (exact) mass is 461 g/mol. The van der Waals surface area contributed by atoms with Crippen LogP contribution >= 0.6 is 22.9 Å². The molecule has 2 aromatic carbocycles. The highest BCUT2D eigenvalue weighted by Gasteiger charge is 2.18. The third-order valence-corrected chi connectivity index (χ3v) is 5.87. The average molecular weight is 462 g/mol. The molecule has 1 N–H and O–H groups in total. The Kier molecular flexibility index (Phi) is 5.47. The van der Waals surface area contributed by atoms with E-state index >= 15 is 0 Å². The highest BCUT2D eigenvalue weighted by molar-refractivity contribution is 7.17. The second-order valence-corrected chi connectivity index (χ2v) is 8.07. The number of amides is 1. The third kappa shape index (κ3) is 3.89. The van der Waals surface area contributed by atoms with Gasteiger partial charge in [0.25, 0.3) is 5.56 Å². The predicted molar refractivity (Wildman–Crippen MR) is 116 cm³/mol. The van der Waals surface area contributed by atoms with Gasteiger partial charge in [-0.3, -0.25) is 14.2 Å². The lowest BCUT2D eigenvalue weighted by Gasteiger charge is -2.13. The number of fused-ring (bicyclic) bond motifs is 1. The zero-order valence-electron chi connectivity index (χ0n) is 16.0. The Bertz CT molecular complexity index is 1460. The highest BCUT2D eigenvalue weighted by atomic mass is 35.5. The minimum Gasteiger partial charge on any atom is -0.323 e. The van der Waals surface area contributed by atoms with Gasteiger partial charge in [0.1, 0.15) is 22.9 Å². The zero-order chi connectivity index (χ0) is 22.3. The number of carbonyl (C=O) groups excluding carboxylic acids is 1. The SMILES string of the molecule is Cc1cc(-n2c(=O)c3sccc3n(CC(=O)Nc3ccc(F)cc3Cl)c2=O)ccc1F. The van der Waals surface area contributed by atoms with Crippen molar-refractivity contribution in [2.45, 2.75) is 13.5 Å². The molecule has 0 saturated carbocycles. The number of hydrogen-bond acceptors (Lipinski definition) is 4. The van der Waals surface area contributed by atoms with Crippen molar-refractivity contribution in [3.63, 3.8) is 0 Å². The van der Waals surface area contributed by atoms with Crippen LogP contribution < -0.4 is 16.6 Å². The molecule has 0 radical (unpaired) electrons. The summed E-state index contributed by atoms with van der Waals surface area (Å²) in [7, 11) is 0. The Morgan fingerprint density at radius 3 is 2.61 bits per heavy atom. The zero-order valence-corrected chi connectivity index (χ0v) is 17.6. The lowest BCUT2D eigenvalue weighted by Crippen LogP contribution is -2.40. The summed E-state index contributed by atoms with van der Waals surface area (Å²) in [4.78, 5) is 38.7. The average Bonchev–Trinajstić information content (AvgIpc) is 3.20. The van der Waals surface area contributed by atoms with Gasteiger partial charge in [-0.05, 0) is 60.3 Å². The van der Waals surface area contributed by atoms with Crippen LogP contribution in [0.5, 0.6) is 0 Å². The Balaban J connectivity index is 1.80. The Morgan fingerprint density at radius 1 is 1.13 bits per heavy atom. The van der Waals surface area contributed by atoms with E-state index in [2.05, 4.69) is 5.32 Å². The van der Waals surface area contributed by atoms with Gasteiger partial charge in [-0.25, -0.2) is 18.1 Å². The van der Waals surface area contributed by atoms with Gasteiger partial charge in [0.15, 0.2) is 0 Å². The number of nitrogens with zero attached hydrogens (tertiary/aromatic N) is 2. The molecule has 10 heteroatoms. The van der Waals surface area contributed by atoms with Gasteiger partial charge in [-0.1, -0.05) is 11.6 Å². The molecule has 2 aromatic heterocycles. The van der Waals surface area contributed by atoms with Crippen LogP contribution in [0.2, 0.25) is 5.02 Å². The fraction of sp³-hybridized carbons (Fsp3) is 0.0952. The van der Waals surface area contributed by atoms with E-state index in [1.165, 1.54) is 31.2 Å². The number of halogens is 3. The smallest absolute Gasteiger partial charge is 0.323 e. The number of aryl methyl sites for hydroxylation is 1. The van der Waals surface area contributed by atoms with Gasteiger partial charge in [0.05, 0.1) is 21.9 Å². The molecule has 6 nitrogen and oxygen atoms in total. The molecule has 1 amide bonds. The number of anilines is 1. The number of nitrogens with one attached hydrogen (secondary N) is 1. The first-order valence-electron chi connectivity index (χ1n) is 9.01. The maximum absolute atomic E-state index is 13.7. The Hall–Kier alpha value is -3.30. The molecule has 0 atom stereocenters. The summed E-state index contributed by atoms with van der Waals surface area (Å²) in [6, 6.07) is 8.96. The second kappa shape index (κ2) is 8.09. The molecule has 0 aliphatic rings. The Morgan fingerprint density at radius 2 is 1.90 bits per heavy atom. The standard InChI is InChI=1S/C21H14ClF2N3O3S/c1-11-8-13(3-4-15(11)24)27-20(29)19-17(6-7-31-19)26(21(27)30)10-18(28)25-16-5-2-12(23)9-14(16)22/h2-9H,10H2,1H3,(H,25,28). The topological polar surface area (TPSA) is 73.1 Å². The van der Waals surface area contributed by atoms with E-state index in [9.17, 15) is 23.2 Å². The molecule has 2 heterocycles. The van der Waals surface area contributed by atoms with Gasteiger partial charge < -0.3 is 5.32 Å². The number of rotatable bonds is 4. The fourth-order valence-corrected chi connectivity index (χ4v) is 4.20. The number of thiophene rings is 1. The molecular formula is C21H14ClF2N3O3S. The molecule has 158 valence electrons. The van der Waals surface area contributed by atoms with Crippen molar-refractivity contribution < 1.29 is 13.6 Å². The second-order valence-electron chi connectivity index (χ2n) is 6.75. The van der Waals surface area contributed by atoms with Crippen molar-refractivity contribution in [2.24, 2.45) is 0 Å². The van der Waals surface area contributed by atoms with Crippen LogP contribution in [-0.4, -0.2) is 15.0 Å². The molecule has 4 rings (SSSR count). The molecule has 0 bridgehead atoms. The summed E-state index contributed by atoms with van der Waals surface area (Å²) in [6.45, 7) is 1.10. The van der Waals surface area contributed by atoms with Crippen molar-refractivity contribution >= 4 is 44.7 Å². The van der Waals surface area contributed by atoms with Crippen LogP contribution in [0.1, 0.15) is 5.56 Å². The number of carbonyl (C=O) groups is 1. The van der Waals surface area contributed by atoms with Gasteiger partial charge in [0, 0.05) is 0 Å². The van der Waals surface area contributed by atoms with E-state index in [4.69, 9.17) is 11.6 Å². The summed E-state index contributed by atoms with van der Waals surface area (Å²) in [6.07, 6.45) is 0. The lowest BCUT2D eigenvalue weighted by molar-refractivity contribution is -0.116. The van der Waals surface area contributed by atoms with Gasteiger partial charge in [-0.15, -0.1) is 11.3 Å². The van der Waals surface area contributed by atoms with Crippen LogP contribution in [0.3, 0.4) is 0 Å². The normalized spacial score (nSPS) is 11.1. The number of hydrogen-bond donors (Lipinski definition) is 1. The Labute approximate surface area is 182 Å². The third-order valence-electron chi connectivity index (χ3n) is 4.66. The maximum atomic E-state index is 13.7. The summed E-state index contributed by atoms with van der Waals surface area (Å²) < 4.78 is 29.2. The summed E-state index contributed by atoms with van der Waals surface area (Å²) in [5, 5.41) is 4.17. The molecular weight excluding hydrogens is 448 g/mol. The van der Waals surface area contributed by atoms with Gasteiger partial charge >= 0.3 is 5.69 Å². The molecule has 0 unspecified atom stereocenters. The van der Waals surface area contributed by atoms with E-state index in [1.54, 1.807) is 11.4 Å². The van der Waals surface area contributed by atoms with Crippen molar-refractivity contribution in [3.05, 3.63) is 90.9 Å². The largest absolute Gasteiger partial charge is 0.336 e. The van der Waals surface area contributed by atoms with E-state index in [1.807, 2.05) is 0 Å². The first-order chi connectivity index (χ1) is 14.8. The van der Waals surface area contributed by atoms with Crippen molar-refractivity contribution in [2.75, 3.05) is 5.32 Å². The predicted octanol–water partition coefficient (Wildman–Crippen LogP) is 4.09. The minimum absolute atomic E-state index is 0.00753. The van der Waals surface area contributed by atoms with Crippen LogP contribution in [0.15, 0.2) is 57.4 Å². The van der Waals surface area contributed by atoms with Gasteiger partial charge in [0.2, 0.25) is 5.91 Å². The lowest BCUT2D eigenvalue weighted by atomic mass is 10.2. The van der Waals surface area contributed by atoms with Gasteiger partial charge in [-0.2, -0.15) is 0 Å². The van der Waals surface area contributed by atoms with Crippen LogP contribution in [0, 0.1) is 18.6 Å². The van der Waals surface area contributed by atoms with E-state index in [0.717, 1.165) is 32.6 Å². The fourth-order valence-electron chi connectivity index (χ4n) is 3.16. The molecule has 4 aromatic rings. The van der Waals surface area contributed by atoms with E-state index in [-0.39, 0.29) is 26.7 Å². The molecule has 31 heavy (non-hydrogen) atoms. The molecule has 0 aliphatic heterocycles. The van der Waals surface area contributed by atoms with Crippen molar-refractivity contribution in [3.8, 4) is 5.69 Å². The first kappa shape index (κ1) is 21.0. The molecule has 0 fully saturated rings. The van der Waals surface area contributed by atoms with Crippen LogP contribution in [-0.2, 0) is 11.3 Å². The summed E-state index contributed by atoms with van der Waals surface area (Å²) >= 11 is 7.07. The molecule has 0 spiro atoms. The quantitative estimate of drug-likeness (QED) is 0.497. The highest BCUT2D eigenvalue weighted by Crippen LogP contribution is 2.23. The van der Waals surface area contributed by atoms with Crippen LogP contribution in [0.25, 0.3) is 15.9 Å². The maximum Gasteiger partial charge on any atom is 0.336 e. The van der Waals surface area contributed by atoms with Crippen molar-refractivity contribution in [1.29, 1.82) is 0 Å². The van der Waals surface area contributed by atoms with Crippen molar-refractivity contribution in [1.82, 2.24) is 9.13 Å². The van der Waals surface area contributed by atoms with E-state index in [0.29, 0.717) is 5.52 Å². The molecule has 0 saturated heterocycles. The number of aromatic nitrogens is 2. The number of benzene rings is 2. The summed E-state index contributed by atoms with van der Waals surface area (Å²) in [5.41, 5.74) is -0.354. The molecule has 0 aliphatic carbocycles.